The molecule has 0 unspecified atom stereocenters. The molecule has 0 radical (unpaired) electrons. The molecule has 1 heterocycles. The number of H-pyrrole nitrogens is 1. The highest BCUT2D eigenvalue weighted by atomic mass is 79.9. The molecule has 2 N–H and O–H groups in total. The van der Waals surface area contributed by atoms with Crippen molar-refractivity contribution >= 4 is 45.0 Å². The van der Waals surface area contributed by atoms with Crippen molar-refractivity contribution in [2.45, 2.75) is 13.5 Å². The van der Waals surface area contributed by atoms with Crippen LogP contribution in [0.15, 0.2) is 34.8 Å². The normalized spacial score (nSPS) is 10.5. The number of carbonyl (C=O) groups excluding carboxylic acids is 1. The second kappa shape index (κ2) is 8.82. The lowest BCUT2D eigenvalue weighted by atomic mass is 10.2. The van der Waals surface area contributed by atoms with Gasteiger partial charge in [0.15, 0.2) is 16.7 Å². The number of amides is 1. The van der Waals surface area contributed by atoms with Crippen LogP contribution in [0.4, 0.5) is 4.39 Å². The van der Waals surface area contributed by atoms with Gasteiger partial charge in [-0.15, -0.1) is 0 Å². The van der Waals surface area contributed by atoms with Gasteiger partial charge in [-0.1, -0.05) is 45.2 Å². The van der Waals surface area contributed by atoms with E-state index in [0.717, 1.165) is 0 Å². The lowest BCUT2D eigenvalue weighted by Crippen LogP contribution is -2.24. The minimum Gasteiger partial charge on any atom is -0.453 e. The van der Waals surface area contributed by atoms with Gasteiger partial charge in [0.05, 0.1) is 16.7 Å². The Morgan fingerprint density at radius 2 is 2.14 bits per heavy atom. The van der Waals surface area contributed by atoms with Crippen LogP contribution >= 0.6 is 39.1 Å². The molecule has 1 aromatic heterocycles. The first-order valence-corrected chi connectivity index (χ1v) is 9.69. The van der Waals surface area contributed by atoms with Crippen molar-refractivity contribution < 1.29 is 13.9 Å². The molecule has 3 aromatic rings. The summed E-state index contributed by atoms with van der Waals surface area (Å²) in [6, 6.07) is 9.51. The molecule has 29 heavy (non-hydrogen) atoms. The van der Waals surface area contributed by atoms with Crippen LogP contribution in [0.1, 0.15) is 27.4 Å². The summed E-state index contributed by atoms with van der Waals surface area (Å²) in [6.07, 6.45) is 0. The fraction of sp³-hybridized carbons (Fsp3) is 0.105. The molecule has 1 amide bonds. The Morgan fingerprint density at radius 3 is 2.79 bits per heavy atom. The summed E-state index contributed by atoms with van der Waals surface area (Å²) in [7, 11) is 0. The molecule has 0 aliphatic rings. The minimum absolute atomic E-state index is 0.0311. The molecular weight excluding hydrogens is 486 g/mol. The van der Waals surface area contributed by atoms with Gasteiger partial charge < -0.3 is 15.0 Å². The summed E-state index contributed by atoms with van der Waals surface area (Å²) < 4.78 is 21.1. The maximum Gasteiger partial charge on any atom is 0.271 e. The van der Waals surface area contributed by atoms with E-state index in [4.69, 9.17) is 33.2 Å². The van der Waals surface area contributed by atoms with Crippen LogP contribution in [-0.4, -0.2) is 15.9 Å². The molecule has 148 valence electrons. The fourth-order valence-electron chi connectivity index (χ4n) is 2.49. The predicted octanol–water partition coefficient (Wildman–Crippen LogP) is 5.52. The molecule has 6 nitrogen and oxygen atoms in total. The molecule has 0 saturated heterocycles. The molecule has 0 aliphatic carbocycles. The molecule has 0 aliphatic heterocycles. The summed E-state index contributed by atoms with van der Waals surface area (Å²) in [4.78, 5) is 18.9. The minimum atomic E-state index is -0.733. The van der Waals surface area contributed by atoms with Gasteiger partial charge in [-0.25, -0.2) is 9.37 Å². The highest BCUT2D eigenvalue weighted by Crippen LogP contribution is 2.35. The average molecular weight is 498 g/mol. The van der Waals surface area contributed by atoms with E-state index in [1.54, 1.807) is 19.1 Å². The number of aryl methyl sites for hydroxylation is 1. The van der Waals surface area contributed by atoms with Crippen molar-refractivity contribution in [1.82, 2.24) is 15.3 Å². The van der Waals surface area contributed by atoms with Gasteiger partial charge in [-0.2, -0.15) is 5.26 Å². The van der Waals surface area contributed by atoms with Gasteiger partial charge in [-0.3, -0.25) is 4.79 Å². The first-order chi connectivity index (χ1) is 13.8. The summed E-state index contributed by atoms with van der Waals surface area (Å²) in [5.74, 6) is -0.756. The SMILES string of the molecule is Cc1nc(Cl)c(C(=O)NCc2ccc(Cl)c(Oc3cc(Br)cc(C#N)c3)c2F)[nH]1. The van der Waals surface area contributed by atoms with Crippen LogP contribution in [-0.2, 0) is 6.54 Å². The number of halogens is 4. The number of aromatic amines is 1. The Kier molecular flexibility index (Phi) is 6.42. The van der Waals surface area contributed by atoms with Crippen molar-refractivity contribution in [1.29, 1.82) is 5.26 Å². The smallest absolute Gasteiger partial charge is 0.271 e. The largest absolute Gasteiger partial charge is 0.453 e. The molecule has 0 fully saturated rings. The number of ether oxygens (including phenoxy) is 1. The zero-order chi connectivity index (χ0) is 21.1. The van der Waals surface area contributed by atoms with Gasteiger partial charge in [0.2, 0.25) is 0 Å². The van der Waals surface area contributed by atoms with Crippen molar-refractivity contribution in [3.05, 3.63) is 73.4 Å². The van der Waals surface area contributed by atoms with E-state index < -0.39 is 11.7 Å². The Labute approximate surface area is 183 Å². The van der Waals surface area contributed by atoms with Crippen molar-refractivity contribution in [3.8, 4) is 17.6 Å². The highest BCUT2D eigenvalue weighted by molar-refractivity contribution is 9.10. The van der Waals surface area contributed by atoms with Crippen molar-refractivity contribution in [2.75, 3.05) is 0 Å². The number of nitrogens with one attached hydrogen (secondary N) is 2. The first-order valence-electron chi connectivity index (χ1n) is 8.14. The molecule has 0 bridgehead atoms. The number of imidazole rings is 1. The molecule has 3 rings (SSSR count). The Hall–Kier alpha value is -2.60. The third-order valence-corrected chi connectivity index (χ3v) is 4.82. The zero-order valence-corrected chi connectivity index (χ0v) is 17.9. The van der Waals surface area contributed by atoms with Gasteiger partial charge in [-0.05, 0) is 31.2 Å². The average Bonchev–Trinajstić information content (AvgIpc) is 3.02. The molecule has 0 atom stereocenters. The molecule has 10 heteroatoms. The van der Waals surface area contributed by atoms with E-state index in [9.17, 15) is 9.18 Å². The summed E-state index contributed by atoms with van der Waals surface area (Å²) >= 11 is 15.2. The van der Waals surface area contributed by atoms with E-state index in [1.807, 2.05) is 6.07 Å². The standard InChI is InChI=1S/C19H12BrCl2FN4O2/c1-9-26-16(18(22)27-9)19(28)25-8-11-2-3-14(21)17(15(11)23)29-13-5-10(7-24)4-12(20)6-13/h2-6H,8H2,1H3,(H,25,28)(H,26,27). The first kappa shape index (κ1) is 21.1. The number of aromatic nitrogens is 2. The van der Waals surface area contributed by atoms with Gasteiger partial charge >= 0.3 is 0 Å². The summed E-state index contributed by atoms with van der Waals surface area (Å²) in [6.45, 7) is 1.53. The molecule has 0 spiro atoms. The van der Waals surface area contributed by atoms with Crippen LogP contribution in [0.5, 0.6) is 11.5 Å². The number of hydrogen-bond acceptors (Lipinski definition) is 4. The lowest BCUT2D eigenvalue weighted by Gasteiger charge is -2.13. The van der Waals surface area contributed by atoms with Crippen molar-refractivity contribution in [2.24, 2.45) is 0 Å². The van der Waals surface area contributed by atoms with Crippen molar-refractivity contribution in [3.63, 3.8) is 0 Å². The monoisotopic (exact) mass is 496 g/mol. The Balaban J connectivity index is 1.82. The molecule has 2 aromatic carbocycles. The second-order valence-electron chi connectivity index (χ2n) is 5.91. The van der Waals surface area contributed by atoms with E-state index in [2.05, 4.69) is 31.2 Å². The number of rotatable bonds is 5. The molecular formula is C19H12BrCl2FN4O2. The van der Waals surface area contributed by atoms with Crippen LogP contribution in [0.25, 0.3) is 0 Å². The summed E-state index contributed by atoms with van der Waals surface area (Å²) in [5, 5.41) is 11.7. The zero-order valence-electron chi connectivity index (χ0n) is 14.8. The van der Waals surface area contributed by atoms with Gasteiger partial charge in [0, 0.05) is 16.6 Å². The van der Waals surface area contributed by atoms with E-state index in [1.165, 1.54) is 18.2 Å². The maximum atomic E-state index is 15.0. The van der Waals surface area contributed by atoms with E-state index >= 15 is 0 Å². The number of nitriles is 1. The Bertz CT molecular complexity index is 1140. The third-order valence-electron chi connectivity index (χ3n) is 3.79. The number of hydrogen-bond donors (Lipinski definition) is 2. The fourth-order valence-corrected chi connectivity index (χ4v) is 3.40. The van der Waals surface area contributed by atoms with Crippen LogP contribution in [0.2, 0.25) is 10.2 Å². The number of nitrogens with zero attached hydrogens (tertiary/aromatic N) is 2. The topological polar surface area (TPSA) is 90.8 Å². The quantitative estimate of drug-likeness (QED) is 0.485. The maximum absolute atomic E-state index is 15.0. The van der Waals surface area contributed by atoms with Gasteiger partial charge in [0.25, 0.3) is 5.91 Å². The van der Waals surface area contributed by atoms with Crippen LogP contribution in [0.3, 0.4) is 0 Å². The van der Waals surface area contributed by atoms with Gasteiger partial charge in [0.1, 0.15) is 17.3 Å². The summed E-state index contributed by atoms with van der Waals surface area (Å²) in [5.41, 5.74) is 0.579. The van der Waals surface area contributed by atoms with E-state index in [0.29, 0.717) is 15.9 Å². The number of benzene rings is 2. The van der Waals surface area contributed by atoms with Crippen LogP contribution < -0.4 is 10.1 Å². The Morgan fingerprint density at radius 1 is 1.38 bits per heavy atom. The molecule has 0 saturated carbocycles. The highest BCUT2D eigenvalue weighted by Gasteiger charge is 2.18. The number of carbonyl (C=O) groups is 1. The third kappa shape index (κ3) is 4.88. The second-order valence-corrected chi connectivity index (χ2v) is 7.59. The lowest BCUT2D eigenvalue weighted by molar-refractivity contribution is 0.0946. The van der Waals surface area contributed by atoms with Crippen LogP contribution in [0, 0.1) is 24.1 Å². The predicted molar refractivity (Wildman–Crippen MR) is 110 cm³/mol. The van der Waals surface area contributed by atoms with E-state index in [-0.39, 0.29) is 39.5 Å².